The summed E-state index contributed by atoms with van der Waals surface area (Å²) in [7, 11) is 0. The van der Waals surface area contributed by atoms with Gasteiger partial charge < -0.3 is 9.47 Å². The number of hydrogen-bond acceptors (Lipinski definition) is 2. The van der Waals surface area contributed by atoms with Gasteiger partial charge in [0.05, 0.1) is 12.2 Å². The van der Waals surface area contributed by atoms with Crippen LogP contribution in [0.1, 0.15) is 27.7 Å². The Morgan fingerprint density at radius 2 is 0.594 bits per heavy atom. The fraction of sp³-hybridized carbons (Fsp3) is 1.00. The number of rotatable bonds is 10. The molecule has 0 atom stereocenters. The predicted octanol–water partition coefficient (Wildman–Crippen LogP) is 6.83. The Kier molecular flexibility index (Phi) is 7.92. The van der Waals surface area contributed by atoms with Gasteiger partial charge in [0.15, 0.2) is 0 Å². The minimum atomic E-state index is -8.53. The summed E-state index contributed by atoms with van der Waals surface area (Å²) in [5.41, 5.74) is 0. The van der Waals surface area contributed by atoms with E-state index in [0.29, 0.717) is 27.7 Å². The zero-order chi connectivity index (χ0) is 26.6. The molecule has 0 fully saturated rings. The molecule has 0 heterocycles. The van der Waals surface area contributed by atoms with E-state index in [2.05, 4.69) is 9.47 Å². The molecule has 0 rings (SSSR count). The second kappa shape index (κ2) is 8.23. The third kappa shape index (κ3) is 4.32. The van der Waals surface area contributed by atoms with Gasteiger partial charge in [-0.1, -0.05) is 0 Å². The van der Waals surface area contributed by atoms with Gasteiger partial charge in [-0.3, -0.25) is 0 Å². The third-order valence-electron chi connectivity index (χ3n) is 3.48. The minimum Gasteiger partial charge on any atom is -0.316 e. The Morgan fingerprint density at radius 1 is 0.375 bits per heavy atom. The number of alkyl halides is 16. The van der Waals surface area contributed by atoms with E-state index in [4.69, 9.17) is 0 Å². The minimum absolute atomic E-state index is 0.608. The van der Waals surface area contributed by atoms with Crippen molar-refractivity contribution in [3.05, 3.63) is 0 Å². The Labute approximate surface area is 168 Å². The largest absolute Gasteiger partial charge is 0.460 e. The van der Waals surface area contributed by atoms with Crippen LogP contribution < -0.4 is 0 Å². The van der Waals surface area contributed by atoms with Gasteiger partial charge in [0.1, 0.15) is 0 Å². The monoisotopic (exact) mass is 518 g/mol. The molecule has 0 aliphatic heterocycles. The van der Waals surface area contributed by atoms with Crippen LogP contribution >= 0.6 is 0 Å². The lowest BCUT2D eigenvalue weighted by Crippen LogP contribution is -2.75. The van der Waals surface area contributed by atoms with Crippen LogP contribution in [0.15, 0.2) is 0 Å². The quantitative estimate of drug-likeness (QED) is 0.233. The summed E-state index contributed by atoms with van der Waals surface area (Å²) in [5, 5.41) is 0. The average molecular weight is 518 g/mol. The van der Waals surface area contributed by atoms with E-state index in [1.54, 1.807) is 0 Å². The van der Waals surface area contributed by atoms with Crippen LogP contribution in [-0.4, -0.2) is 60.0 Å². The van der Waals surface area contributed by atoms with E-state index in [1.165, 1.54) is 0 Å². The van der Waals surface area contributed by atoms with E-state index in [9.17, 15) is 70.2 Å². The molecule has 0 saturated heterocycles. The van der Waals surface area contributed by atoms with E-state index >= 15 is 0 Å². The highest BCUT2D eigenvalue weighted by atomic mass is 19.4. The van der Waals surface area contributed by atoms with Crippen LogP contribution in [-0.2, 0) is 9.47 Å². The van der Waals surface area contributed by atoms with Crippen LogP contribution in [0.3, 0.4) is 0 Å². The van der Waals surface area contributed by atoms with Crippen LogP contribution in [0, 0.1) is 0 Å². The zero-order valence-corrected chi connectivity index (χ0v) is 16.0. The molecule has 0 saturated carbocycles. The fourth-order valence-corrected chi connectivity index (χ4v) is 1.94. The molecule has 0 N–H and O–H groups in total. The van der Waals surface area contributed by atoms with E-state index in [-0.39, 0.29) is 0 Å². The van der Waals surface area contributed by atoms with Crippen molar-refractivity contribution in [1.82, 2.24) is 0 Å². The maximum Gasteiger partial charge on any atom is 0.460 e. The fourth-order valence-electron chi connectivity index (χ4n) is 1.94. The third-order valence-corrected chi connectivity index (χ3v) is 3.48. The molecule has 0 spiro atoms. The Bertz CT molecular complexity index is 642. The summed E-state index contributed by atoms with van der Waals surface area (Å²) in [6.45, 7) is 2.43. The SMILES string of the molecule is CC(C)OC(F)(OC(C)C)C(F)(F)C(F)(F)C(F)(F)C(F)(F)C(F)(F)C(F)(F)C(F)(F)F. The molecule has 0 aromatic rings. The van der Waals surface area contributed by atoms with Crippen LogP contribution in [0.5, 0.6) is 0 Å². The summed E-state index contributed by atoms with van der Waals surface area (Å²) in [4.78, 5) is 0. The average Bonchev–Trinajstić information content (AvgIpc) is 2.50. The Hall–Kier alpha value is -1.20. The summed E-state index contributed by atoms with van der Waals surface area (Å²) >= 11 is 0. The molecular weight excluding hydrogens is 504 g/mol. The normalized spacial score (nSPS) is 16.3. The zero-order valence-electron chi connectivity index (χ0n) is 16.0. The number of ether oxygens (including phenoxy) is 2. The van der Waals surface area contributed by atoms with E-state index in [1.807, 2.05) is 0 Å². The van der Waals surface area contributed by atoms with Gasteiger partial charge >= 0.3 is 47.8 Å². The van der Waals surface area contributed by atoms with Crippen molar-refractivity contribution in [3.63, 3.8) is 0 Å². The van der Waals surface area contributed by atoms with Crippen molar-refractivity contribution in [2.45, 2.75) is 87.7 Å². The van der Waals surface area contributed by atoms with Crippen LogP contribution in [0.2, 0.25) is 0 Å². The smallest absolute Gasteiger partial charge is 0.316 e. The standard InChI is InChI=1S/C14H14F16O2/c1-5(2)31-14(30,32-6(3)4)12(25,26)10(21,22)8(17,18)7(15,16)9(19,20)11(23,24)13(27,28)29/h5-6H,1-4H3. The molecule has 32 heavy (non-hydrogen) atoms. The van der Waals surface area contributed by atoms with Crippen molar-refractivity contribution in [2.75, 3.05) is 0 Å². The lowest BCUT2D eigenvalue weighted by atomic mass is 9.90. The lowest BCUT2D eigenvalue weighted by molar-refractivity contribution is -0.498. The lowest BCUT2D eigenvalue weighted by Gasteiger charge is -2.44. The highest BCUT2D eigenvalue weighted by molar-refractivity contribution is 5.14. The van der Waals surface area contributed by atoms with Gasteiger partial charge in [-0.05, 0) is 27.7 Å². The van der Waals surface area contributed by atoms with E-state index in [0.717, 1.165) is 0 Å². The molecule has 0 radical (unpaired) electrons. The van der Waals surface area contributed by atoms with E-state index < -0.39 is 60.0 Å². The molecule has 18 heteroatoms. The topological polar surface area (TPSA) is 18.5 Å². The maximum absolute atomic E-state index is 14.4. The molecule has 0 unspecified atom stereocenters. The summed E-state index contributed by atoms with van der Waals surface area (Å²) in [5.74, 6) is -48.9. The second-order valence-electron chi connectivity index (χ2n) is 6.81. The first-order valence-electron chi connectivity index (χ1n) is 7.96. The van der Waals surface area contributed by atoms with Gasteiger partial charge in [0, 0.05) is 0 Å². The van der Waals surface area contributed by atoms with Crippen molar-refractivity contribution in [3.8, 4) is 0 Å². The number of hydrogen-bond donors (Lipinski definition) is 0. The van der Waals surface area contributed by atoms with Gasteiger partial charge in [-0.2, -0.15) is 70.2 Å². The van der Waals surface area contributed by atoms with Crippen LogP contribution in [0.25, 0.3) is 0 Å². The van der Waals surface area contributed by atoms with Gasteiger partial charge in [0.2, 0.25) is 0 Å². The second-order valence-corrected chi connectivity index (χ2v) is 6.81. The van der Waals surface area contributed by atoms with Crippen molar-refractivity contribution < 1.29 is 79.7 Å². The highest BCUT2D eigenvalue weighted by Gasteiger charge is 2.95. The molecule has 0 amide bonds. The summed E-state index contributed by atoms with van der Waals surface area (Å²) in [6.07, 6.45) is -11.6. The first-order valence-corrected chi connectivity index (χ1v) is 7.96. The molecule has 194 valence electrons. The van der Waals surface area contributed by atoms with Gasteiger partial charge in [-0.15, -0.1) is 0 Å². The van der Waals surface area contributed by atoms with Crippen molar-refractivity contribution in [2.24, 2.45) is 0 Å². The predicted molar refractivity (Wildman–Crippen MR) is 72.0 cm³/mol. The van der Waals surface area contributed by atoms with Crippen molar-refractivity contribution >= 4 is 0 Å². The molecular formula is C14H14F16O2. The van der Waals surface area contributed by atoms with Crippen LogP contribution in [0.4, 0.5) is 70.2 Å². The molecule has 0 bridgehead atoms. The molecule has 0 aliphatic carbocycles. The number of halogens is 16. The first kappa shape index (κ1) is 30.8. The van der Waals surface area contributed by atoms with Gasteiger partial charge in [0.25, 0.3) is 0 Å². The molecule has 0 aromatic carbocycles. The van der Waals surface area contributed by atoms with Crippen molar-refractivity contribution in [1.29, 1.82) is 0 Å². The molecule has 2 nitrogen and oxygen atoms in total. The summed E-state index contributed by atoms with van der Waals surface area (Å²) < 4.78 is 220. The van der Waals surface area contributed by atoms with Gasteiger partial charge in [-0.25, -0.2) is 0 Å². The first-order chi connectivity index (χ1) is 13.6. The summed E-state index contributed by atoms with van der Waals surface area (Å²) in [6, 6.07) is -5.76. The Morgan fingerprint density at radius 3 is 0.812 bits per heavy atom. The maximum atomic E-state index is 14.4. The highest BCUT2D eigenvalue weighted by Crippen LogP contribution is 2.64. The molecule has 0 aromatic heterocycles. The Balaban J connectivity index is 6.88. The molecule has 0 aliphatic rings.